The number of hydrogen-bond donors (Lipinski definition) is 3. The van der Waals surface area contributed by atoms with Gasteiger partial charge in [-0.25, -0.2) is 9.69 Å². The molecule has 0 radical (unpaired) electrons. The van der Waals surface area contributed by atoms with Gasteiger partial charge in [-0.15, -0.1) is 0 Å². The molecule has 7 rings (SSSR count). The summed E-state index contributed by atoms with van der Waals surface area (Å²) in [6.45, 7) is 5.89. The molecule has 0 saturated carbocycles. The number of aryl methyl sites for hydroxylation is 1. The van der Waals surface area contributed by atoms with E-state index in [0.29, 0.717) is 28.9 Å². The van der Waals surface area contributed by atoms with E-state index in [4.69, 9.17) is 4.74 Å². The molecule has 0 bridgehead atoms. The van der Waals surface area contributed by atoms with Crippen LogP contribution in [0.1, 0.15) is 39.5 Å². The molecule has 4 aromatic rings. The minimum atomic E-state index is -1.40. The van der Waals surface area contributed by atoms with Crippen LogP contribution in [0.5, 0.6) is 0 Å². The summed E-state index contributed by atoms with van der Waals surface area (Å²) in [5.74, 6) is -3.35. The molecule has 0 unspecified atom stereocenters. The number of H-pyrrole nitrogens is 1. The second kappa shape index (κ2) is 9.39. The maximum Gasteiger partial charge on any atom is 0.338 e. The van der Waals surface area contributed by atoms with E-state index in [2.05, 4.69) is 15.6 Å². The summed E-state index contributed by atoms with van der Waals surface area (Å²) in [5.41, 5.74) is 4.58. The molecule has 3 aliphatic heterocycles. The smallest absolute Gasteiger partial charge is 0.338 e. The zero-order valence-corrected chi connectivity index (χ0v) is 23.5. The Labute approximate surface area is 242 Å². The van der Waals surface area contributed by atoms with Crippen LogP contribution < -0.4 is 15.5 Å². The molecule has 0 aliphatic carbocycles. The predicted molar refractivity (Wildman–Crippen MR) is 157 cm³/mol. The molecular formula is C33H30N4O5. The first kappa shape index (κ1) is 26.2. The standard InChI is InChI=1S/C33H30N4O5/c1-4-42-31(40)19-10-12-21(13-11-19)37-29(38)26-25(15-20-16-34-24-8-6-5-7-22(20)24)36-33(27(26)30(37)39)23-14-9-17(2)18(3)28(23)35-32(33)41/h5-14,16,25-27,34,36H,4,15H2,1-3H3,(H,35,41)/t25-,26+,27+,33+/m0/s1. The Morgan fingerprint density at radius 2 is 1.74 bits per heavy atom. The third-order valence-electron chi connectivity index (χ3n) is 9.17. The van der Waals surface area contributed by atoms with Gasteiger partial charge in [0.05, 0.1) is 29.7 Å². The first-order valence-corrected chi connectivity index (χ1v) is 14.2. The van der Waals surface area contributed by atoms with Gasteiger partial charge in [0.2, 0.25) is 17.7 Å². The van der Waals surface area contributed by atoms with Crippen molar-refractivity contribution in [1.82, 2.24) is 10.3 Å². The van der Waals surface area contributed by atoms with Crippen molar-refractivity contribution in [3.63, 3.8) is 0 Å². The molecule has 4 heterocycles. The fourth-order valence-corrected chi connectivity index (χ4v) is 7.05. The number of fused-ring (bicyclic) bond motifs is 5. The number of aromatic amines is 1. The molecule has 1 spiro atoms. The molecule has 2 fully saturated rings. The number of imide groups is 1. The van der Waals surface area contributed by atoms with Crippen LogP contribution in [0.4, 0.5) is 11.4 Å². The summed E-state index contributed by atoms with van der Waals surface area (Å²) >= 11 is 0. The van der Waals surface area contributed by atoms with Gasteiger partial charge in [-0.1, -0.05) is 30.3 Å². The first-order chi connectivity index (χ1) is 20.3. The van der Waals surface area contributed by atoms with Gasteiger partial charge in [0, 0.05) is 34.4 Å². The highest BCUT2D eigenvalue weighted by atomic mass is 16.5. The van der Waals surface area contributed by atoms with Gasteiger partial charge in [-0.05, 0) is 74.2 Å². The van der Waals surface area contributed by atoms with Crippen LogP contribution in [0.3, 0.4) is 0 Å². The summed E-state index contributed by atoms with van der Waals surface area (Å²) in [5, 5.41) is 7.61. The summed E-state index contributed by atoms with van der Waals surface area (Å²) < 4.78 is 5.08. The molecule has 4 atom stereocenters. The minimum Gasteiger partial charge on any atom is -0.462 e. The summed E-state index contributed by atoms with van der Waals surface area (Å²) in [4.78, 5) is 59.2. The van der Waals surface area contributed by atoms with Gasteiger partial charge in [-0.3, -0.25) is 19.7 Å². The second-order valence-electron chi connectivity index (χ2n) is 11.3. The molecule has 3 N–H and O–H groups in total. The quantitative estimate of drug-likeness (QED) is 0.249. The number of nitrogens with one attached hydrogen (secondary N) is 3. The first-order valence-electron chi connectivity index (χ1n) is 14.2. The van der Waals surface area contributed by atoms with E-state index in [9.17, 15) is 19.2 Å². The van der Waals surface area contributed by atoms with Gasteiger partial charge in [0.1, 0.15) is 5.54 Å². The average molecular weight is 563 g/mol. The predicted octanol–water partition coefficient (Wildman–Crippen LogP) is 4.13. The van der Waals surface area contributed by atoms with Gasteiger partial charge < -0.3 is 15.0 Å². The van der Waals surface area contributed by atoms with Gasteiger partial charge in [-0.2, -0.15) is 0 Å². The maximum absolute atomic E-state index is 14.3. The van der Waals surface area contributed by atoms with Crippen LogP contribution in [-0.2, 0) is 31.1 Å². The third kappa shape index (κ3) is 3.53. The highest BCUT2D eigenvalue weighted by Gasteiger charge is 2.70. The molecule has 212 valence electrons. The van der Waals surface area contributed by atoms with E-state index in [-0.39, 0.29) is 18.4 Å². The number of hydrogen-bond acceptors (Lipinski definition) is 6. The number of para-hydroxylation sites is 1. The van der Waals surface area contributed by atoms with Crippen molar-refractivity contribution in [3.8, 4) is 0 Å². The van der Waals surface area contributed by atoms with Crippen LogP contribution >= 0.6 is 0 Å². The monoisotopic (exact) mass is 562 g/mol. The Hall–Kier alpha value is -4.76. The summed E-state index contributed by atoms with van der Waals surface area (Å²) in [7, 11) is 0. The number of benzene rings is 3. The highest BCUT2D eigenvalue weighted by Crippen LogP contribution is 2.54. The molecule has 3 aliphatic rings. The minimum absolute atomic E-state index is 0.239. The topological polar surface area (TPSA) is 121 Å². The largest absolute Gasteiger partial charge is 0.462 e. The van der Waals surface area contributed by atoms with Gasteiger partial charge in [0.15, 0.2) is 0 Å². The Bertz CT molecular complexity index is 1810. The number of nitrogens with zero attached hydrogens (tertiary/aromatic N) is 1. The van der Waals surface area contributed by atoms with Crippen LogP contribution in [0, 0.1) is 25.7 Å². The van der Waals surface area contributed by atoms with Crippen LogP contribution in [0.25, 0.3) is 10.9 Å². The van der Waals surface area contributed by atoms with Crippen molar-refractivity contribution in [2.45, 2.75) is 38.8 Å². The lowest BCUT2D eigenvalue weighted by atomic mass is 9.75. The lowest BCUT2D eigenvalue weighted by Crippen LogP contribution is -2.53. The fraction of sp³-hybridized carbons (Fsp3) is 0.273. The molecule has 1 aromatic heterocycles. The summed E-state index contributed by atoms with van der Waals surface area (Å²) in [6.07, 6.45) is 2.37. The van der Waals surface area contributed by atoms with Crippen molar-refractivity contribution in [2.24, 2.45) is 11.8 Å². The zero-order valence-electron chi connectivity index (χ0n) is 23.5. The second-order valence-corrected chi connectivity index (χ2v) is 11.3. The van der Waals surface area contributed by atoms with Crippen molar-refractivity contribution in [2.75, 3.05) is 16.8 Å². The number of ether oxygens (including phenoxy) is 1. The van der Waals surface area contributed by atoms with E-state index in [1.165, 1.54) is 4.90 Å². The lowest BCUT2D eigenvalue weighted by molar-refractivity contribution is -0.130. The molecule has 2 saturated heterocycles. The maximum atomic E-state index is 14.3. The molecule has 3 aromatic carbocycles. The van der Waals surface area contributed by atoms with E-state index in [1.54, 1.807) is 31.2 Å². The van der Waals surface area contributed by atoms with E-state index < -0.39 is 35.3 Å². The number of amides is 3. The Morgan fingerprint density at radius 1 is 0.976 bits per heavy atom. The number of carbonyl (C=O) groups excluding carboxylic acids is 4. The van der Waals surface area contributed by atoms with Gasteiger partial charge in [0.25, 0.3) is 0 Å². The number of aromatic nitrogens is 1. The number of anilines is 2. The van der Waals surface area contributed by atoms with Crippen LogP contribution in [-0.4, -0.2) is 41.3 Å². The molecule has 3 amide bonds. The van der Waals surface area contributed by atoms with Gasteiger partial charge >= 0.3 is 5.97 Å². The van der Waals surface area contributed by atoms with Crippen LogP contribution in [0.2, 0.25) is 0 Å². The normalized spacial score (nSPS) is 24.4. The van der Waals surface area contributed by atoms with Crippen molar-refractivity contribution in [1.29, 1.82) is 0 Å². The fourth-order valence-electron chi connectivity index (χ4n) is 7.05. The number of esters is 1. The Balaban J connectivity index is 1.34. The van der Waals surface area contributed by atoms with Crippen LogP contribution in [0.15, 0.2) is 66.9 Å². The lowest BCUT2D eigenvalue weighted by Gasteiger charge is -2.29. The Kier molecular flexibility index (Phi) is 5.85. The van der Waals surface area contributed by atoms with E-state index in [1.807, 2.05) is 56.4 Å². The van der Waals surface area contributed by atoms with Crippen molar-refractivity contribution >= 4 is 46.0 Å². The Morgan fingerprint density at radius 3 is 2.50 bits per heavy atom. The third-order valence-corrected chi connectivity index (χ3v) is 9.17. The molecule has 42 heavy (non-hydrogen) atoms. The molecular weight excluding hydrogens is 532 g/mol. The van der Waals surface area contributed by atoms with Crippen molar-refractivity contribution < 1.29 is 23.9 Å². The number of carbonyl (C=O) groups is 4. The zero-order chi connectivity index (χ0) is 29.3. The molecule has 9 heteroatoms. The van der Waals surface area contributed by atoms with Crippen molar-refractivity contribution in [3.05, 3.63) is 94.7 Å². The highest BCUT2D eigenvalue weighted by molar-refractivity contribution is 6.26. The average Bonchev–Trinajstić information content (AvgIpc) is 3.70. The molecule has 9 nitrogen and oxygen atoms in total. The van der Waals surface area contributed by atoms with E-state index >= 15 is 0 Å². The van der Waals surface area contributed by atoms with E-state index in [0.717, 1.165) is 27.6 Å². The number of rotatable bonds is 5. The SMILES string of the molecule is CCOC(=O)c1ccc(N2C(=O)[C@@H]3[C@H](Cc4c[nH]c5ccccc45)N[C@@]4(C(=O)Nc5c4ccc(C)c5C)[C@H]3C2=O)cc1. The summed E-state index contributed by atoms with van der Waals surface area (Å²) in [6, 6.07) is 17.5.